The second-order valence-electron chi connectivity index (χ2n) is 7.27. The quantitative estimate of drug-likeness (QED) is 0.400. The number of hydrogen-bond acceptors (Lipinski definition) is 2. The van der Waals surface area contributed by atoms with E-state index < -0.39 is 0 Å². The SMILES string of the molecule is CC1=CC(C)[C-]=C1c1ccco1.CC1=CC(C)[C-]=C1c1ccco1.C[C](C)=[Ti+2]. The van der Waals surface area contributed by atoms with Crippen LogP contribution in [0.25, 0.3) is 11.1 Å². The van der Waals surface area contributed by atoms with E-state index in [1.807, 2.05) is 24.3 Å². The molecule has 2 aliphatic rings. The van der Waals surface area contributed by atoms with Crippen molar-refractivity contribution < 1.29 is 28.8 Å². The monoisotopic (exact) mass is 408 g/mol. The molecule has 2 heterocycles. The maximum absolute atomic E-state index is 5.30. The zero-order valence-corrected chi connectivity index (χ0v) is 19.2. The molecule has 0 saturated carbocycles. The van der Waals surface area contributed by atoms with E-state index in [0.717, 1.165) is 22.7 Å². The van der Waals surface area contributed by atoms with E-state index >= 15 is 0 Å². The van der Waals surface area contributed by atoms with Crippen LogP contribution in [0, 0.1) is 24.0 Å². The molecule has 4 rings (SSSR count). The third-order valence-corrected chi connectivity index (χ3v) is 4.07. The van der Waals surface area contributed by atoms with Gasteiger partial charge in [-0.05, 0) is 12.1 Å². The summed E-state index contributed by atoms with van der Waals surface area (Å²) in [6, 6.07) is 7.75. The Kier molecular flexibility index (Phi) is 8.47. The second kappa shape index (κ2) is 10.6. The summed E-state index contributed by atoms with van der Waals surface area (Å²) < 4.78 is 12.0. The fourth-order valence-corrected chi connectivity index (χ4v) is 3.06. The third-order valence-electron chi connectivity index (χ3n) is 4.07. The van der Waals surface area contributed by atoms with E-state index in [1.165, 1.54) is 15.0 Å². The molecule has 0 aliphatic heterocycles. The zero-order chi connectivity index (χ0) is 20.7. The van der Waals surface area contributed by atoms with E-state index in [0.29, 0.717) is 11.8 Å². The van der Waals surface area contributed by atoms with Gasteiger partial charge in [0.1, 0.15) is 0 Å². The fourth-order valence-electron chi connectivity index (χ4n) is 3.06. The van der Waals surface area contributed by atoms with Crippen molar-refractivity contribution in [2.45, 2.75) is 41.5 Å². The Morgan fingerprint density at radius 1 is 0.821 bits per heavy atom. The van der Waals surface area contributed by atoms with Crippen LogP contribution in [0.4, 0.5) is 0 Å². The van der Waals surface area contributed by atoms with E-state index in [1.54, 1.807) is 12.5 Å². The van der Waals surface area contributed by atoms with Gasteiger partial charge in [0.25, 0.3) is 0 Å². The molecule has 2 atom stereocenters. The maximum atomic E-state index is 5.30. The summed E-state index contributed by atoms with van der Waals surface area (Å²) in [5.74, 6) is 2.69. The number of rotatable bonds is 2. The van der Waals surface area contributed by atoms with Gasteiger partial charge in [-0.15, -0.1) is 12.2 Å². The molecule has 2 nitrogen and oxygen atoms in total. The van der Waals surface area contributed by atoms with Crippen molar-refractivity contribution >= 4 is 15.0 Å². The predicted molar refractivity (Wildman–Crippen MR) is 113 cm³/mol. The molecular formula is C25H28O2Ti. The first-order valence-electron chi connectivity index (χ1n) is 9.52. The Balaban J connectivity index is 0.000000169. The molecule has 28 heavy (non-hydrogen) atoms. The molecule has 0 N–H and O–H groups in total. The second-order valence-corrected chi connectivity index (χ2v) is 8.83. The van der Waals surface area contributed by atoms with Gasteiger partial charge in [0.05, 0.1) is 12.5 Å². The summed E-state index contributed by atoms with van der Waals surface area (Å²) in [6.45, 7) is 12.6. The Bertz CT molecular complexity index is 816. The summed E-state index contributed by atoms with van der Waals surface area (Å²) in [6.07, 6.45) is 14.4. The third kappa shape index (κ3) is 6.61. The van der Waals surface area contributed by atoms with Crippen LogP contribution < -0.4 is 0 Å². The van der Waals surface area contributed by atoms with Gasteiger partial charge in [-0.2, -0.15) is 34.4 Å². The van der Waals surface area contributed by atoms with Crippen LogP contribution in [-0.2, 0) is 20.0 Å². The van der Waals surface area contributed by atoms with E-state index in [2.05, 4.69) is 85.8 Å². The van der Waals surface area contributed by atoms with Crippen molar-refractivity contribution in [3.05, 3.63) is 83.8 Å². The van der Waals surface area contributed by atoms with Crippen molar-refractivity contribution in [3.63, 3.8) is 0 Å². The summed E-state index contributed by atoms with van der Waals surface area (Å²) >= 11 is 2.08. The summed E-state index contributed by atoms with van der Waals surface area (Å²) in [5, 5.41) is 0. The van der Waals surface area contributed by atoms with E-state index in [-0.39, 0.29) is 0 Å². The Morgan fingerprint density at radius 2 is 1.18 bits per heavy atom. The van der Waals surface area contributed by atoms with E-state index in [9.17, 15) is 0 Å². The van der Waals surface area contributed by atoms with Gasteiger partial charge in [0.15, 0.2) is 0 Å². The molecule has 0 fully saturated rings. The van der Waals surface area contributed by atoms with E-state index in [4.69, 9.17) is 8.83 Å². The first-order valence-corrected chi connectivity index (χ1v) is 10.3. The number of allylic oxidation sites excluding steroid dienone is 8. The molecule has 0 bridgehead atoms. The molecular weight excluding hydrogens is 380 g/mol. The zero-order valence-electron chi connectivity index (χ0n) is 17.6. The molecule has 0 aromatic carbocycles. The van der Waals surface area contributed by atoms with Gasteiger partial charge in [-0.1, -0.05) is 51.7 Å². The van der Waals surface area contributed by atoms with Crippen molar-refractivity contribution in [2.75, 3.05) is 0 Å². The molecule has 3 heteroatoms. The van der Waals surface area contributed by atoms with Gasteiger partial charge in [0.2, 0.25) is 0 Å². The number of hydrogen-bond donors (Lipinski definition) is 0. The minimum atomic E-state index is 0.421. The average Bonchev–Trinajstić information content (AvgIpc) is 3.36. The van der Waals surface area contributed by atoms with Crippen molar-refractivity contribution in [1.29, 1.82) is 0 Å². The average molecular weight is 408 g/mol. The van der Waals surface area contributed by atoms with Crippen LogP contribution in [0.1, 0.15) is 53.1 Å². The molecule has 0 spiro atoms. The van der Waals surface area contributed by atoms with Gasteiger partial charge in [-0.25, -0.2) is 0 Å². The minimum absolute atomic E-state index is 0.421. The van der Waals surface area contributed by atoms with Gasteiger partial charge >= 0.3 is 37.6 Å². The molecule has 0 saturated heterocycles. The molecule has 2 unspecified atom stereocenters. The summed E-state index contributed by atoms with van der Waals surface area (Å²) in [4.78, 5) is 0. The first-order chi connectivity index (χ1) is 13.3. The molecule has 2 aromatic rings. The molecule has 144 valence electrons. The molecule has 0 amide bonds. The normalized spacial score (nSPS) is 20.1. The van der Waals surface area contributed by atoms with Crippen LogP contribution in [0.3, 0.4) is 0 Å². The fraction of sp³-hybridized carbons (Fsp3) is 0.320. The topological polar surface area (TPSA) is 26.3 Å². The van der Waals surface area contributed by atoms with Crippen molar-refractivity contribution in [1.82, 2.24) is 0 Å². The number of furan rings is 2. The predicted octanol–water partition coefficient (Wildman–Crippen LogP) is 6.87. The van der Waals surface area contributed by atoms with Gasteiger partial charge < -0.3 is 8.83 Å². The van der Waals surface area contributed by atoms with Crippen LogP contribution in [0.15, 0.2) is 68.9 Å². The Hall–Kier alpha value is -1.90. The molecule has 2 aliphatic carbocycles. The van der Waals surface area contributed by atoms with Gasteiger partial charge in [-0.3, -0.25) is 0 Å². The van der Waals surface area contributed by atoms with Crippen molar-refractivity contribution in [3.8, 4) is 0 Å². The van der Waals surface area contributed by atoms with Crippen LogP contribution >= 0.6 is 0 Å². The Morgan fingerprint density at radius 3 is 1.39 bits per heavy atom. The van der Waals surface area contributed by atoms with Crippen LogP contribution in [0.5, 0.6) is 0 Å². The first kappa shape index (κ1) is 22.4. The van der Waals surface area contributed by atoms with Gasteiger partial charge in [0, 0.05) is 11.5 Å². The Labute approximate surface area is 180 Å². The summed E-state index contributed by atoms with van der Waals surface area (Å²) in [5.41, 5.74) is 4.76. The standard InChI is InChI=1S/2C11H11O.C3H6.Ti/c2*1-8-6-9(2)10(7-8)11-4-3-5-12-11;1-3-2;/h2*3-6,8H,1-2H3;1-2H3;/q2*-1;;+2. The van der Waals surface area contributed by atoms with Crippen molar-refractivity contribution in [2.24, 2.45) is 11.8 Å². The molecule has 2 aromatic heterocycles. The van der Waals surface area contributed by atoms with Crippen LogP contribution in [-0.4, -0.2) is 3.81 Å². The summed E-state index contributed by atoms with van der Waals surface area (Å²) in [7, 11) is 0. The van der Waals surface area contributed by atoms with Crippen LogP contribution in [0.2, 0.25) is 0 Å². The molecule has 0 radical (unpaired) electrons.